The summed E-state index contributed by atoms with van der Waals surface area (Å²) in [5.74, 6) is -3.53. The van der Waals surface area contributed by atoms with Gasteiger partial charge >= 0.3 is 5.97 Å². The molecule has 4 atom stereocenters. The molecule has 0 aromatic heterocycles. The van der Waals surface area contributed by atoms with Gasteiger partial charge in [-0.1, -0.05) is 30.3 Å². The monoisotopic (exact) mass is 518 g/mol. The molecule has 204 valence electrons. The number of carboxylic acid groups (broad SMARTS) is 1. The molecule has 1 fully saturated rings. The van der Waals surface area contributed by atoms with Crippen LogP contribution in [0.15, 0.2) is 30.3 Å². The van der Waals surface area contributed by atoms with Crippen LogP contribution in [0.2, 0.25) is 0 Å². The lowest BCUT2D eigenvalue weighted by Gasteiger charge is -2.29. The maximum atomic E-state index is 13.2. The molecule has 1 saturated heterocycles. The number of carbonyl (C=O) groups is 5. The number of likely N-dealkylation sites (tertiary alicyclic amines) is 1. The molecular weight excluding hydrogens is 480 g/mol. The quantitative estimate of drug-likeness (QED) is 0.158. The Labute approximate surface area is 216 Å². The molecule has 0 saturated carbocycles. The van der Waals surface area contributed by atoms with Gasteiger partial charge in [-0.3, -0.25) is 19.2 Å². The van der Waals surface area contributed by atoms with Gasteiger partial charge in [-0.25, -0.2) is 4.79 Å². The third-order valence-corrected chi connectivity index (χ3v) is 6.33. The Kier molecular flexibility index (Phi) is 12.0. The number of carboxylic acids is 1. The summed E-state index contributed by atoms with van der Waals surface area (Å²) < 4.78 is 0. The van der Waals surface area contributed by atoms with Crippen molar-refractivity contribution in [2.75, 3.05) is 13.1 Å². The van der Waals surface area contributed by atoms with Crippen molar-refractivity contribution < 1.29 is 29.1 Å². The first-order chi connectivity index (χ1) is 17.6. The highest BCUT2D eigenvalue weighted by atomic mass is 16.4. The van der Waals surface area contributed by atoms with Gasteiger partial charge in [-0.15, -0.1) is 0 Å². The number of hydrogen-bond acceptors (Lipinski definition) is 7. The lowest BCUT2D eigenvalue weighted by Crippen LogP contribution is -2.57. The summed E-state index contributed by atoms with van der Waals surface area (Å²) in [4.78, 5) is 63.5. The zero-order valence-corrected chi connectivity index (χ0v) is 20.9. The number of nitrogens with two attached hydrogens (primary N) is 3. The molecule has 0 spiro atoms. The number of primary amides is 1. The van der Waals surface area contributed by atoms with Crippen LogP contribution < -0.4 is 27.8 Å². The fourth-order valence-corrected chi connectivity index (χ4v) is 4.30. The summed E-state index contributed by atoms with van der Waals surface area (Å²) in [6.45, 7) is 0.669. The topological polar surface area (TPSA) is 211 Å². The van der Waals surface area contributed by atoms with Gasteiger partial charge in [0.15, 0.2) is 0 Å². The highest BCUT2D eigenvalue weighted by molar-refractivity contribution is 5.94. The molecule has 0 bridgehead atoms. The van der Waals surface area contributed by atoms with E-state index in [0.717, 1.165) is 5.56 Å². The van der Waals surface area contributed by atoms with E-state index in [9.17, 15) is 29.1 Å². The van der Waals surface area contributed by atoms with Crippen molar-refractivity contribution in [2.45, 2.75) is 75.5 Å². The Morgan fingerprint density at radius 2 is 1.68 bits per heavy atom. The summed E-state index contributed by atoms with van der Waals surface area (Å²) in [5.41, 5.74) is 17.7. The van der Waals surface area contributed by atoms with Crippen LogP contribution in [0.5, 0.6) is 0 Å². The molecule has 4 amide bonds. The first-order valence-electron chi connectivity index (χ1n) is 12.6. The predicted molar refractivity (Wildman–Crippen MR) is 136 cm³/mol. The van der Waals surface area contributed by atoms with Crippen molar-refractivity contribution in [1.82, 2.24) is 15.5 Å². The molecule has 1 aliphatic rings. The second kappa shape index (κ2) is 14.9. The zero-order chi connectivity index (χ0) is 27.4. The van der Waals surface area contributed by atoms with Crippen molar-refractivity contribution in [3.8, 4) is 0 Å². The molecule has 1 heterocycles. The van der Waals surface area contributed by atoms with Gasteiger partial charge in [0.1, 0.15) is 18.1 Å². The van der Waals surface area contributed by atoms with Crippen molar-refractivity contribution in [2.24, 2.45) is 17.2 Å². The summed E-state index contributed by atoms with van der Waals surface area (Å²) in [5, 5.41) is 14.7. The van der Waals surface area contributed by atoms with Crippen molar-refractivity contribution in [1.29, 1.82) is 0 Å². The van der Waals surface area contributed by atoms with E-state index in [-0.39, 0.29) is 32.2 Å². The minimum absolute atomic E-state index is 0.0872. The van der Waals surface area contributed by atoms with E-state index in [1.807, 2.05) is 30.3 Å². The fourth-order valence-electron chi connectivity index (χ4n) is 4.30. The molecular formula is C25H38N6O6. The molecule has 0 aliphatic carbocycles. The van der Waals surface area contributed by atoms with Gasteiger partial charge in [0, 0.05) is 13.0 Å². The summed E-state index contributed by atoms with van der Waals surface area (Å²) >= 11 is 0. The molecule has 37 heavy (non-hydrogen) atoms. The lowest BCUT2D eigenvalue weighted by molar-refractivity contribution is -0.149. The van der Waals surface area contributed by atoms with Crippen LogP contribution in [-0.4, -0.2) is 76.9 Å². The molecule has 12 nitrogen and oxygen atoms in total. The SMILES string of the molecule is NCCCCC(NC(=O)C(CCC(N)=O)NC(=O)C(N)Cc1ccccc1)C(=O)N1CCCC1C(=O)O. The van der Waals surface area contributed by atoms with Crippen LogP contribution in [0.3, 0.4) is 0 Å². The number of carbonyl (C=O) groups excluding carboxylic acids is 4. The van der Waals surface area contributed by atoms with E-state index in [1.165, 1.54) is 4.90 Å². The van der Waals surface area contributed by atoms with E-state index in [1.54, 1.807) is 0 Å². The summed E-state index contributed by atoms with van der Waals surface area (Å²) in [7, 11) is 0. The summed E-state index contributed by atoms with van der Waals surface area (Å²) in [6.07, 6.45) is 2.24. The van der Waals surface area contributed by atoms with Gasteiger partial charge < -0.3 is 37.8 Å². The van der Waals surface area contributed by atoms with Crippen molar-refractivity contribution >= 4 is 29.6 Å². The van der Waals surface area contributed by atoms with Crippen LogP contribution in [0.25, 0.3) is 0 Å². The zero-order valence-electron chi connectivity index (χ0n) is 20.9. The maximum absolute atomic E-state index is 13.2. The lowest BCUT2D eigenvalue weighted by atomic mass is 10.0. The van der Waals surface area contributed by atoms with Crippen molar-refractivity contribution in [3.63, 3.8) is 0 Å². The van der Waals surface area contributed by atoms with Gasteiger partial charge in [0.25, 0.3) is 0 Å². The highest BCUT2D eigenvalue weighted by Crippen LogP contribution is 2.20. The minimum Gasteiger partial charge on any atom is -0.480 e. The smallest absolute Gasteiger partial charge is 0.326 e. The third-order valence-electron chi connectivity index (χ3n) is 6.33. The molecule has 9 N–H and O–H groups in total. The minimum atomic E-state index is -1.17. The van der Waals surface area contributed by atoms with Gasteiger partial charge in [0.05, 0.1) is 6.04 Å². The number of hydrogen-bond donors (Lipinski definition) is 6. The molecule has 1 aromatic rings. The fraction of sp³-hybridized carbons (Fsp3) is 0.560. The Morgan fingerprint density at radius 1 is 1.00 bits per heavy atom. The Hall–Kier alpha value is -3.51. The molecule has 0 radical (unpaired) electrons. The molecule has 1 aromatic carbocycles. The van der Waals surface area contributed by atoms with E-state index in [0.29, 0.717) is 32.2 Å². The first-order valence-corrected chi connectivity index (χ1v) is 12.6. The largest absolute Gasteiger partial charge is 0.480 e. The van der Waals surface area contributed by atoms with Crippen LogP contribution in [0.1, 0.15) is 50.5 Å². The molecule has 1 aliphatic heterocycles. The Bertz CT molecular complexity index is 943. The number of nitrogens with one attached hydrogen (secondary N) is 2. The molecule has 2 rings (SSSR count). The normalized spacial score (nSPS) is 17.5. The maximum Gasteiger partial charge on any atom is 0.326 e. The Morgan fingerprint density at radius 3 is 2.30 bits per heavy atom. The van der Waals surface area contributed by atoms with Gasteiger partial charge in [0.2, 0.25) is 23.6 Å². The van der Waals surface area contributed by atoms with E-state index in [2.05, 4.69) is 10.6 Å². The van der Waals surface area contributed by atoms with Crippen LogP contribution >= 0.6 is 0 Å². The number of amides is 4. The Balaban J connectivity index is 2.14. The third kappa shape index (κ3) is 9.47. The number of rotatable bonds is 15. The van der Waals surface area contributed by atoms with E-state index in [4.69, 9.17) is 17.2 Å². The number of unbranched alkanes of at least 4 members (excludes halogenated alkanes) is 1. The number of nitrogens with zero attached hydrogens (tertiary/aromatic N) is 1. The summed E-state index contributed by atoms with van der Waals surface area (Å²) in [6, 6.07) is 5.04. The van der Waals surface area contributed by atoms with Crippen molar-refractivity contribution in [3.05, 3.63) is 35.9 Å². The van der Waals surface area contributed by atoms with E-state index < -0.39 is 53.8 Å². The van der Waals surface area contributed by atoms with Gasteiger partial charge in [-0.05, 0) is 57.1 Å². The van der Waals surface area contributed by atoms with E-state index >= 15 is 0 Å². The van der Waals surface area contributed by atoms with Crippen LogP contribution in [0.4, 0.5) is 0 Å². The number of benzene rings is 1. The number of aliphatic carboxylic acids is 1. The first kappa shape index (κ1) is 29.7. The second-order valence-corrected chi connectivity index (χ2v) is 9.24. The second-order valence-electron chi connectivity index (χ2n) is 9.24. The average molecular weight is 519 g/mol. The molecule has 12 heteroatoms. The van der Waals surface area contributed by atoms with Crippen LogP contribution in [-0.2, 0) is 30.4 Å². The predicted octanol–water partition coefficient (Wildman–Crippen LogP) is -1.00. The molecule has 4 unspecified atom stereocenters. The average Bonchev–Trinajstić information content (AvgIpc) is 3.36. The standard InChI is InChI=1S/C25H38N6O6/c26-13-5-4-9-19(24(35)31-14-6-10-20(31)25(36)37)30-23(34)18(11-12-21(28)32)29-22(33)17(27)15-16-7-2-1-3-8-16/h1-3,7-8,17-20H,4-6,9-15,26-27H2,(H2,28,32)(H,29,33)(H,30,34)(H,36,37). The van der Waals surface area contributed by atoms with Crippen LogP contribution in [0, 0.1) is 0 Å². The van der Waals surface area contributed by atoms with Gasteiger partial charge in [-0.2, -0.15) is 0 Å². The highest BCUT2D eigenvalue weighted by Gasteiger charge is 2.38.